The summed E-state index contributed by atoms with van der Waals surface area (Å²) in [4.78, 5) is 9.23. The van der Waals surface area contributed by atoms with Crippen LogP contribution in [0.3, 0.4) is 0 Å². The Labute approximate surface area is 207 Å². The van der Waals surface area contributed by atoms with Crippen molar-refractivity contribution in [3.8, 4) is 0 Å². The van der Waals surface area contributed by atoms with Crippen molar-refractivity contribution in [2.45, 2.75) is 26.4 Å². The van der Waals surface area contributed by atoms with Crippen molar-refractivity contribution in [2.24, 2.45) is 4.99 Å². The third-order valence-corrected chi connectivity index (χ3v) is 5.44. The predicted molar refractivity (Wildman–Crippen MR) is 137 cm³/mol. The lowest BCUT2D eigenvalue weighted by atomic mass is 10.0. The SMILES string of the molecule is CCNC(=NCC(C)(O)c1ccc(C)o1)NCCN1CCN(c2ccc(F)cc2)CC1.I. The molecular formula is C23H35FIN5O2. The van der Waals surface area contributed by atoms with E-state index in [0.717, 1.165) is 57.3 Å². The van der Waals surface area contributed by atoms with Crippen LogP contribution in [0.15, 0.2) is 45.8 Å². The highest BCUT2D eigenvalue weighted by atomic mass is 127. The molecule has 0 saturated carbocycles. The molecule has 0 amide bonds. The zero-order valence-electron chi connectivity index (χ0n) is 19.1. The highest BCUT2D eigenvalue weighted by Crippen LogP contribution is 2.23. The van der Waals surface area contributed by atoms with E-state index in [1.165, 1.54) is 12.1 Å². The molecule has 32 heavy (non-hydrogen) atoms. The molecule has 1 aliphatic rings. The van der Waals surface area contributed by atoms with Crippen LogP contribution in [0.1, 0.15) is 25.4 Å². The molecule has 178 valence electrons. The molecule has 1 saturated heterocycles. The van der Waals surface area contributed by atoms with Crippen molar-refractivity contribution in [1.29, 1.82) is 0 Å². The molecule has 0 spiro atoms. The van der Waals surface area contributed by atoms with Gasteiger partial charge in [0.1, 0.15) is 22.9 Å². The maximum atomic E-state index is 13.1. The Morgan fingerprint density at radius 3 is 2.41 bits per heavy atom. The second kappa shape index (κ2) is 12.4. The lowest BCUT2D eigenvalue weighted by molar-refractivity contribution is 0.0428. The largest absolute Gasteiger partial charge is 0.463 e. The molecule has 0 bridgehead atoms. The number of aryl methyl sites for hydroxylation is 1. The van der Waals surface area contributed by atoms with Gasteiger partial charge in [-0.2, -0.15) is 0 Å². The normalized spacial score (nSPS) is 16.9. The third-order valence-electron chi connectivity index (χ3n) is 5.44. The molecule has 3 rings (SSSR count). The molecule has 7 nitrogen and oxygen atoms in total. The summed E-state index contributed by atoms with van der Waals surface area (Å²) < 4.78 is 18.7. The van der Waals surface area contributed by atoms with Crippen LogP contribution in [0, 0.1) is 12.7 Å². The Morgan fingerprint density at radius 1 is 1.12 bits per heavy atom. The van der Waals surface area contributed by atoms with Crippen LogP contribution in [0.5, 0.6) is 0 Å². The number of hydrogen-bond donors (Lipinski definition) is 3. The van der Waals surface area contributed by atoms with E-state index in [2.05, 4.69) is 25.4 Å². The van der Waals surface area contributed by atoms with E-state index in [9.17, 15) is 9.50 Å². The smallest absolute Gasteiger partial charge is 0.191 e. The fourth-order valence-corrected chi connectivity index (χ4v) is 3.59. The Bertz CT molecular complexity index is 848. The van der Waals surface area contributed by atoms with E-state index in [4.69, 9.17) is 4.42 Å². The first-order valence-electron chi connectivity index (χ1n) is 10.9. The second-order valence-electron chi connectivity index (χ2n) is 8.11. The van der Waals surface area contributed by atoms with E-state index < -0.39 is 5.60 Å². The van der Waals surface area contributed by atoms with Gasteiger partial charge in [-0.05, 0) is 57.2 Å². The first-order valence-corrected chi connectivity index (χ1v) is 10.9. The van der Waals surface area contributed by atoms with Gasteiger partial charge in [-0.1, -0.05) is 0 Å². The van der Waals surface area contributed by atoms with Crippen LogP contribution in [0.2, 0.25) is 0 Å². The average molecular weight is 559 g/mol. The molecular weight excluding hydrogens is 524 g/mol. The van der Waals surface area contributed by atoms with Gasteiger partial charge in [0, 0.05) is 51.5 Å². The topological polar surface area (TPSA) is 76.3 Å². The van der Waals surface area contributed by atoms with Crippen LogP contribution >= 0.6 is 24.0 Å². The molecule has 1 aromatic carbocycles. The summed E-state index contributed by atoms with van der Waals surface area (Å²) >= 11 is 0. The summed E-state index contributed by atoms with van der Waals surface area (Å²) in [6.07, 6.45) is 0. The molecule has 0 aliphatic carbocycles. The maximum absolute atomic E-state index is 13.1. The average Bonchev–Trinajstić information content (AvgIpc) is 3.20. The van der Waals surface area contributed by atoms with E-state index in [1.807, 2.05) is 32.0 Å². The van der Waals surface area contributed by atoms with Crippen molar-refractivity contribution in [3.05, 3.63) is 53.7 Å². The van der Waals surface area contributed by atoms with Gasteiger partial charge in [-0.3, -0.25) is 4.90 Å². The number of halogens is 2. The number of guanidine groups is 1. The Kier molecular flexibility index (Phi) is 10.2. The number of aliphatic hydroxyl groups is 1. The molecule has 1 fully saturated rings. The molecule has 2 heterocycles. The van der Waals surface area contributed by atoms with Gasteiger partial charge in [-0.25, -0.2) is 9.38 Å². The van der Waals surface area contributed by atoms with Crippen LogP contribution in [-0.4, -0.2) is 68.3 Å². The van der Waals surface area contributed by atoms with Gasteiger partial charge < -0.3 is 25.1 Å². The fraction of sp³-hybridized carbons (Fsp3) is 0.522. The molecule has 1 unspecified atom stereocenters. The van der Waals surface area contributed by atoms with Crippen LogP contribution in [-0.2, 0) is 5.60 Å². The molecule has 1 aromatic heterocycles. The number of rotatable bonds is 8. The molecule has 1 aliphatic heterocycles. The minimum atomic E-state index is -1.16. The van der Waals surface area contributed by atoms with Gasteiger partial charge in [0.25, 0.3) is 0 Å². The number of aliphatic imine (C=N–C) groups is 1. The van der Waals surface area contributed by atoms with Crippen molar-refractivity contribution < 1.29 is 13.9 Å². The summed E-state index contributed by atoms with van der Waals surface area (Å²) in [6.45, 7) is 11.9. The number of hydrogen-bond acceptors (Lipinski definition) is 5. The van der Waals surface area contributed by atoms with Gasteiger partial charge >= 0.3 is 0 Å². The Balaban J connectivity index is 0.00000363. The highest BCUT2D eigenvalue weighted by Gasteiger charge is 2.26. The van der Waals surface area contributed by atoms with Gasteiger partial charge in [0.15, 0.2) is 5.96 Å². The first kappa shape index (κ1) is 26.4. The lowest BCUT2D eigenvalue weighted by Gasteiger charge is -2.36. The predicted octanol–water partition coefficient (Wildman–Crippen LogP) is 2.93. The zero-order valence-corrected chi connectivity index (χ0v) is 21.4. The Morgan fingerprint density at radius 2 is 1.81 bits per heavy atom. The quantitative estimate of drug-likeness (QED) is 0.263. The number of nitrogens with one attached hydrogen (secondary N) is 2. The molecule has 0 radical (unpaired) electrons. The van der Waals surface area contributed by atoms with Gasteiger partial charge in [0.2, 0.25) is 0 Å². The number of nitrogens with zero attached hydrogens (tertiary/aromatic N) is 3. The molecule has 9 heteroatoms. The second-order valence-corrected chi connectivity index (χ2v) is 8.11. The van der Waals surface area contributed by atoms with Crippen LogP contribution in [0.4, 0.5) is 10.1 Å². The summed E-state index contributed by atoms with van der Waals surface area (Å²) in [7, 11) is 0. The van der Waals surface area contributed by atoms with Gasteiger partial charge in [0.05, 0.1) is 6.54 Å². The third kappa shape index (κ3) is 7.63. The van der Waals surface area contributed by atoms with E-state index in [1.54, 1.807) is 13.0 Å². The molecule has 1 atom stereocenters. The number of anilines is 1. The van der Waals surface area contributed by atoms with Crippen molar-refractivity contribution >= 4 is 35.6 Å². The lowest BCUT2D eigenvalue weighted by Crippen LogP contribution is -2.49. The fourth-order valence-electron chi connectivity index (χ4n) is 3.59. The summed E-state index contributed by atoms with van der Waals surface area (Å²) in [6, 6.07) is 10.3. The summed E-state index contributed by atoms with van der Waals surface area (Å²) in [5.74, 6) is 1.76. The minimum Gasteiger partial charge on any atom is -0.463 e. The van der Waals surface area contributed by atoms with E-state index in [-0.39, 0.29) is 36.3 Å². The van der Waals surface area contributed by atoms with Crippen LogP contribution in [0.25, 0.3) is 0 Å². The van der Waals surface area contributed by atoms with Crippen molar-refractivity contribution in [1.82, 2.24) is 15.5 Å². The number of furan rings is 1. The monoisotopic (exact) mass is 559 g/mol. The number of benzene rings is 1. The van der Waals surface area contributed by atoms with Gasteiger partial charge in [-0.15, -0.1) is 24.0 Å². The van der Waals surface area contributed by atoms with E-state index in [0.29, 0.717) is 11.7 Å². The summed E-state index contributed by atoms with van der Waals surface area (Å²) in [5.41, 5.74) is -0.0904. The standard InChI is InChI=1S/C23H34FN5O2.HI/c1-4-25-22(27-17-23(3,30)21-10-5-18(2)31-21)26-11-12-28-13-15-29(16-14-28)20-8-6-19(24)7-9-20;/h5-10,30H,4,11-17H2,1-3H3,(H2,25,26,27);1H. The van der Waals surface area contributed by atoms with Crippen LogP contribution < -0.4 is 15.5 Å². The first-order chi connectivity index (χ1) is 14.9. The minimum absolute atomic E-state index is 0. The molecule has 2 aromatic rings. The van der Waals surface area contributed by atoms with Crippen molar-refractivity contribution in [2.75, 3.05) is 57.3 Å². The zero-order chi connectivity index (χ0) is 22.3. The van der Waals surface area contributed by atoms with E-state index >= 15 is 0 Å². The number of piperazine rings is 1. The summed E-state index contributed by atoms with van der Waals surface area (Å²) in [5, 5.41) is 17.3. The van der Waals surface area contributed by atoms with Crippen molar-refractivity contribution in [3.63, 3.8) is 0 Å². The molecule has 3 N–H and O–H groups in total. The Hall–Kier alpha value is -1.85. The maximum Gasteiger partial charge on any atom is 0.191 e. The highest BCUT2D eigenvalue weighted by molar-refractivity contribution is 14.0.